The summed E-state index contributed by atoms with van der Waals surface area (Å²) in [4.78, 5) is 12.6. The first-order valence-corrected chi connectivity index (χ1v) is 10.5. The van der Waals surface area contributed by atoms with E-state index in [0.29, 0.717) is 11.4 Å². The van der Waals surface area contributed by atoms with Crippen molar-refractivity contribution in [3.05, 3.63) is 96.3 Å². The Morgan fingerprint density at radius 3 is 2.29 bits per heavy atom. The van der Waals surface area contributed by atoms with E-state index in [2.05, 4.69) is 33.8 Å². The fourth-order valence-corrected chi connectivity index (χ4v) is 4.81. The van der Waals surface area contributed by atoms with E-state index in [1.807, 2.05) is 73.7 Å². The molecule has 1 N–H and O–H groups in total. The number of rotatable bonds is 5. The second-order valence-corrected chi connectivity index (χ2v) is 8.48. The van der Waals surface area contributed by atoms with Crippen molar-refractivity contribution in [2.24, 2.45) is 0 Å². The molecule has 0 aliphatic rings. The third-order valence-corrected chi connectivity index (χ3v) is 6.46. The summed E-state index contributed by atoms with van der Waals surface area (Å²) >= 11 is 0.128. The predicted molar refractivity (Wildman–Crippen MR) is 112 cm³/mol. The summed E-state index contributed by atoms with van der Waals surface area (Å²) in [5, 5.41) is 11.3. The number of anilines is 1. The fraction of sp³-hybridized carbons (Fsp3) is 0.0455. The van der Waals surface area contributed by atoms with Gasteiger partial charge in [-0.15, -0.1) is 0 Å². The van der Waals surface area contributed by atoms with Crippen LogP contribution in [0.5, 0.6) is 0 Å². The number of hydrogen-bond acceptors (Lipinski definition) is 3. The van der Waals surface area contributed by atoms with Crippen molar-refractivity contribution < 1.29 is 4.79 Å². The molecule has 0 unspecified atom stereocenters. The van der Waals surface area contributed by atoms with Crippen LogP contribution in [0.4, 0.5) is 5.69 Å². The molecule has 28 heavy (non-hydrogen) atoms. The van der Waals surface area contributed by atoms with E-state index >= 15 is 0 Å². The van der Waals surface area contributed by atoms with Crippen LogP contribution >= 0.6 is 0 Å². The second-order valence-electron chi connectivity index (χ2n) is 6.14. The molecule has 138 valence electrons. The number of para-hydroxylation sites is 2. The van der Waals surface area contributed by atoms with Gasteiger partial charge in [-0.2, -0.15) is 0 Å². The maximum absolute atomic E-state index is 12.6. The number of hydrogen-bond donors (Lipinski definition) is 1. The van der Waals surface area contributed by atoms with E-state index in [1.54, 1.807) is 4.68 Å². The van der Waals surface area contributed by atoms with Crippen molar-refractivity contribution in [3.8, 4) is 5.69 Å². The molecule has 5 nitrogen and oxygen atoms in total. The Bertz CT molecular complexity index is 1090. The third-order valence-electron chi connectivity index (χ3n) is 4.21. The molecule has 0 atom stereocenters. The Hall–Kier alpha value is -3.21. The van der Waals surface area contributed by atoms with Crippen LogP contribution in [0.25, 0.3) is 5.69 Å². The van der Waals surface area contributed by atoms with Crippen molar-refractivity contribution in [1.82, 2.24) is 15.0 Å². The van der Waals surface area contributed by atoms with E-state index in [1.165, 1.54) is 8.92 Å². The van der Waals surface area contributed by atoms with Gasteiger partial charge in [0.05, 0.1) is 0 Å². The van der Waals surface area contributed by atoms with Gasteiger partial charge in [0.2, 0.25) is 0 Å². The predicted octanol–water partition coefficient (Wildman–Crippen LogP) is 2.48. The van der Waals surface area contributed by atoms with Gasteiger partial charge in [-0.25, -0.2) is 0 Å². The van der Waals surface area contributed by atoms with Gasteiger partial charge in [0.25, 0.3) is 0 Å². The van der Waals surface area contributed by atoms with Crippen molar-refractivity contribution in [2.45, 2.75) is 6.92 Å². The maximum atomic E-state index is 12.6. The molecule has 6 heteroatoms. The van der Waals surface area contributed by atoms with Gasteiger partial charge in [0.15, 0.2) is 0 Å². The Morgan fingerprint density at radius 1 is 0.893 bits per heavy atom. The van der Waals surface area contributed by atoms with Gasteiger partial charge in [0, 0.05) is 0 Å². The van der Waals surface area contributed by atoms with Crippen molar-refractivity contribution in [1.29, 1.82) is 0 Å². The third kappa shape index (κ3) is 3.88. The number of nitrogens with one attached hydrogen (secondary N) is 1. The van der Waals surface area contributed by atoms with Crippen molar-refractivity contribution in [2.75, 3.05) is 5.32 Å². The number of carbonyl (C=O) groups excluding carboxylic acids is 1. The number of nitrogens with zero attached hydrogens (tertiary/aromatic N) is 3. The molecule has 0 spiro atoms. The zero-order valence-electron chi connectivity index (χ0n) is 15.2. The molecule has 4 aromatic rings. The van der Waals surface area contributed by atoms with E-state index in [4.69, 9.17) is 0 Å². The van der Waals surface area contributed by atoms with Crippen LogP contribution in [0.3, 0.4) is 0 Å². The average molecular weight is 433 g/mol. The molecule has 1 amide bonds. The van der Waals surface area contributed by atoms with E-state index in [-0.39, 0.29) is 20.9 Å². The van der Waals surface area contributed by atoms with Crippen LogP contribution in [0, 0.1) is 6.92 Å². The number of benzene rings is 3. The molecule has 1 aromatic heterocycles. The van der Waals surface area contributed by atoms with Crippen LogP contribution in [0.1, 0.15) is 16.2 Å². The van der Waals surface area contributed by atoms with E-state index in [9.17, 15) is 4.79 Å². The fourth-order valence-electron chi connectivity index (χ4n) is 2.81. The molecule has 0 saturated carbocycles. The minimum atomic E-state index is -0.263. The van der Waals surface area contributed by atoms with Crippen LogP contribution in [0.15, 0.2) is 84.9 Å². The molecule has 0 saturated heterocycles. The van der Waals surface area contributed by atoms with Crippen LogP contribution < -0.4 is 14.2 Å². The first-order chi connectivity index (χ1) is 13.7. The molecule has 0 bridgehead atoms. The summed E-state index contributed by atoms with van der Waals surface area (Å²) in [5.74, 6) is -0.263. The van der Waals surface area contributed by atoms with Gasteiger partial charge in [-0.05, 0) is 0 Å². The van der Waals surface area contributed by atoms with Gasteiger partial charge in [-0.1, -0.05) is 0 Å². The first-order valence-electron chi connectivity index (χ1n) is 8.83. The van der Waals surface area contributed by atoms with Crippen LogP contribution in [-0.4, -0.2) is 35.9 Å². The van der Waals surface area contributed by atoms with Gasteiger partial charge in [0.1, 0.15) is 0 Å². The minimum absolute atomic E-state index is 0.128. The Morgan fingerprint density at radius 2 is 1.54 bits per heavy atom. The number of amides is 1. The Kier molecular flexibility index (Phi) is 5.33. The zero-order valence-corrected chi connectivity index (χ0v) is 17.0. The topological polar surface area (TPSA) is 59.8 Å². The molecule has 4 rings (SSSR count). The SMILES string of the molecule is Cc1c(C(=O)Nc2ccccc2)nnn1-c1ccccc1[Se]c1ccccc1. The number of carbonyl (C=O) groups is 1. The molecule has 3 aromatic carbocycles. The summed E-state index contributed by atoms with van der Waals surface area (Å²) in [6.45, 7) is 1.87. The zero-order chi connectivity index (χ0) is 19.3. The molecular formula is C22H18N4OSe. The summed E-state index contributed by atoms with van der Waals surface area (Å²) < 4.78 is 4.21. The molecule has 0 radical (unpaired) electrons. The summed E-state index contributed by atoms with van der Waals surface area (Å²) in [6.07, 6.45) is 0. The van der Waals surface area contributed by atoms with Gasteiger partial charge >= 0.3 is 170 Å². The summed E-state index contributed by atoms with van der Waals surface area (Å²) in [7, 11) is 0. The van der Waals surface area contributed by atoms with E-state index in [0.717, 1.165) is 11.4 Å². The standard InChI is InChI=1S/C22H18N4OSe/c1-16-21(22(27)23-17-10-4-2-5-11-17)24-25-26(16)19-14-8-9-15-20(19)28-18-12-6-3-7-13-18/h2-15H,1H3,(H,23,27). The monoisotopic (exact) mass is 434 g/mol. The van der Waals surface area contributed by atoms with Crippen molar-refractivity contribution >= 4 is 35.5 Å². The van der Waals surface area contributed by atoms with Gasteiger partial charge in [-0.3, -0.25) is 0 Å². The first kappa shape index (κ1) is 18.2. The van der Waals surface area contributed by atoms with Gasteiger partial charge < -0.3 is 0 Å². The van der Waals surface area contributed by atoms with Crippen LogP contribution in [-0.2, 0) is 0 Å². The van der Waals surface area contributed by atoms with Crippen molar-refractivity contribution in [3.63, 3.8) is 0 Å². The Balaban J connectivity index is 1.64. The van der Waals surface area contributed by atoms with Crippen LogP contribution in [0.2, 0.25) is 0 Å². The average Bonchev–Trinajstić information content (AvgIpc) is 3.11. The quantitative estimate of drug-likeness (QED) is 0.492. The molecule has 0 aliphatic carbocycles. The Labute approximate surface area is 169 Å². The summed E-state index contributed by atoms with van der Waals surface area (Å²) in [6, 6.07) is 27.8. The summed E-state index contributed by atoms with van der Waals surface area (Å²) in [5.41, 5.74) is 2.72. The second kappa shape index (κ2) is 8.21. The molecule has 0 fully saturated rings. The number of aromatic nitrogens is 3. The van der Waals surface area contributed by atoms with E-state index < -0.39 is 0 Å². The molecular weight excluding hydrogens is 415 g/mol. The normalized spacial score (nSPS) is 10.6. The molecule has 1 heterocycles. The molecule has 0 aliphatic heterocycles.